The fourth-order valence-corrected chi connectivity index (χ4v) is 2.65. The van der Waals surface area contributed by atoms with Gasteiger partial charge in [0.15, 0.2) is 0 Å². The average Bonchev–Trinajstić information content (AvgIpc) is 2.90. The lowest BCUT2D eigenvalue weighted by Gasteiger charge is -2.27. The first-order valence-electron chi connectivity index (χ1n) is 7.40. The van der Waals surface area contributed by atoms with E-state index in [-0.39, 0.29) is 23.8 Å². The van der Waals surface area contributed by atoms with Crippen LogP contribution < -0.4 is 0 Å². The summed E-state index contributed by atoms with van der Waals surface area (Å²) in [4.78, 5) is 39.6. The molecule has 6 heteroatoms. The van der Waals surface area contributed by atoms with Gasteiger partial charge in [-0.3, -0.25) is 19.3 Å². The number of nitrogens with zero attached hydrogens (tertiary/aromatic N) is 2. The fraction of sp³-hybridized carbons (Fsp3) is 0.438. The molecule has 0 saturated carbocycles. The van der Waals surface area contributed by atoms with Gasteiger partial charge in [0, 0.05) is 25.1 Å². The van der Waals surface area contributed by atoms with Crippen molar-refractivity contribution in [3.8, 4) is 0 Å². The van der Waals surface area contributed by atoms with E-state index >= 15 is 0 Å². The minimum atomic E-state index is -0.759. The zero-order valence-electron chi connectivity index (χ0n) is 12.7. The van der Waals surface area contributed by atoms with Crippen molar-refractivity contribution in [3.05, 3.63) is 35.6 Å². The standard InChI is InChI=1S/C16H19FN2O3/c1-3-18(4-2)16(22)13-9-10-14(20)19(13)15(21)11-5-7-12(17)8-6-11/h5-8,13H,3-4,9-10H2,1-2H3. The van der Waals surface area contributed by atoms with Crippen molar-refractivity contribution in [2.24, 2.45) is 0 Å². The molecule has 1 atom stereocenters. The van der Waals surface area contributed by atoms with Crippen molar-refractivity contribution in [2.45, 2.75) is 32.7 Å². The van der Waals surface area contributed by atoms with Gasteiger partial charge in [-0.1, -0.05) is 0 Å². The Hall–Kier alpha value is -2.24. The van der Waals surface area contributed by atoms with E-state index in [4.69, 9.17) is 0 Å². The lowest BCUT2D eigenvalue weighted by atomic mass is 10.1. The Morgan fingerprint density at radius 1 is 1.23 bits per heavy atom. The van der Waals surface area contributed by atoms with Crippen LogP contribution in [0.3, 0.4) is 0 Å². The number of halogens is 1. The molecule has 1 heterocycles. The van der Waals surface area contributed by atoms with Crippen molar-refractivity contribution < 1.29 is 18.8 Å². The van der Waals surface area contributed by atoms with E-state index < -0.39 is 17.8 Å². The molecule has 0 N–H and O–H groups in total. The molecule has 1 aliphatic heterocycles. The summed E-state index contributed by atoms with van der Waals surface area (Å²) in [6.45, 7) is 4.76. The largest absolute Gasteiger partial charge is 0.341 e. The lowest BCUT2D eigenvalue weighted by Crippen LogP contribution is -2.49. The number of carbonyl (C=O) groups excluding carboxylic acids is 3. The number of rotatable bonds is 4. The molecule has 1 unspecified atom stereocenters. The van der Waals surface area contributed by atoms with Gasteiger partial charge in [0.2, 0.25) is 11.8 Å². The zero-order chi connectivity index (χ0) is 16.3. The van der Waals surface area contributed by atoms with Gasteiger partial charge in [-0.15, -0.1) is 0 Å². The third-order valence-electron chi connectivity index (χ3n) is 3.88. The molecule has 0 aromatic heterocycles. The maximum absolute atomic E-state index is 13.0. The summed E-state index contributed by atoms with van der Waals surface area (Å²) in [5.41, 5.74) is 0.203. The third kappa shape index (κ3) is 3.00. The SMILES string of the molecule is CCN(CC)C(=O)C1CCC(=O)N1C(=O)c1ccc(F)cc1. The van der Waals surface area contributed by atoms with Gasteiger partial charge < -0.3 is 4.90 Å². The highest BCUT2D eigenvalue weighted by Gasteiger charge is 2.41. The molecule has 5 nitrogen and oxygen atoms in total. The molecule has 2 rings (SSSR count). The van der Waals surface area contributed by atoms with Crippen molar-refractivity contribution >= 4 is 17.7 Å². The second-order valence-electron chi connectivity index (χ2n) is 5.14. The first-order valence-corrected chi connectivity index (χ1v) is 7.40. The Morgan fingerprint density at radius 2 is 1.82 bits per heavy atom. The number of hydrogen-bond acceptors (Lipinski definition) is 3. The highest BCUT2D eigenvalue weighted by molar-refractivity contribution is 6.09. The third-order valence-corrected chi connectivity index (χ3v) is 3.88. The second-order valence-corrected chi connectivity index (χ2v) is 5.14. The Kier molecular flexibility index (Phi) is 4.90. The van der Waals surface area contributed by atoms with E-state index in [0.29, 0.717) is 19.5 Å². The Morgan fingerprint density at radius 3 is 2.36 bits per heavy atom. The first-order chi connectivity index (χ1) is 10.5. The van der Waals surface area contributed by atoms with E-state index in [1.807, 2.05) is 13.8 Å². The highest BCUT2D eigenvalue weighted by atomic mass is 19.1. The van der Waals surface area contributed by atoms with Crippen LogP contribution in [0.25, 0.3) is 0 Å². The van der Waals surface area contributed by atoms with Crippen LogP contribution in [0.2, 0.25) is 0 Å². The van der Waals surface area contributed by atoms with Gasteiger partial charge in [0.05, 0.1) is 0 Å². The zero-order valence-corrected chi connectivity index (χ0v) is 12.7. The molecule has 1 aromatic rings. The molecule has 0 spiro atoms. The minimum Gasteiger partial charge on any atom is -0.341 e. The molecule has 0 bridgehead atoms. The van der Waals surface area contributed by atoms with E-state index in [1.165, 1.54) is 12.1 Å². The molecule has 22 heavy (non-hydrogen) atoms. The second kappa shape index (κ2) is 6.68. The van der Waals surface area contributed by atoms with Gasteiger partial charge in [0.1, 0.15) is 11.9 Å². The van der Waals surface area contributed by atoms with Crippen LogP contribution >= 0.6 is 0 Å². The molecule has 3 amide bonds. The molecule has 0 aliphatic carbocycles. The monoisotopic (exact) mass is 306 g/mol. The maximum atomic E-state index is 13.0. The molecule has 1 aromatic carbocycles. The summed E-state index contributed by atoms with van der Waals surface area (Å²) in [5, 5.41) is 0. The summed E-state index contributed by atoms with van der Waals surface area (Å²) in [6.07, 6.45) is 0.506. The van der Waals surface area contributed by atoms with Crippen LogP contribution in [0.15, 0.2) is 24.3 Å². The van der Waals surface area contributed by atoms with Gasteiger partial charge >= 0.3 is 0 Å². The van der Waals surface area contributed by atoms with Crippen molar-refractivity contribution in [2.75, 3.05) is 13.1 Å². The Balaban J connectivity index is 2.26. The number of likely N-dealkylation sites (N-methyl/N-ethyl adjacent to an activating group) is 1. The Labute approximate surface area is 128 Å². The van der Waals surface area contributed by atoms with Crippen molar-refractivity contribution in [1.82, 2.24) is 9.80 Å². The van der Waals surface area contributed by atoms with Crippen LogP contribution in [0.4, 0.5) is 4.39 Å². The smallest absolute Gasteiger partial charge is 0.261 e. The molecule has 118 valence electrons. The lowest BCUT2D eigenvalue weighted by molar-refractivity contribution is -0.139. The van der Waals surface area contributed by atoms with Gasteiger partial charge in [-0.05, 0) is 44.5 Å². The normalized spacial score (nSPS) is 17.7. The first kappa shape index (κ1) is 16.1. The molecule has 1 fully saturated rings. The van der Waals surface area contributed by atoms with Crippen molar-refractivity contribution in [1.29, 1.82) is 0 Å². The van der Waals surface area contributed by atoms with Crippen LogP contribution in [0.5, 0.6) is 0 Å². The molecule has 1 saturated heterocycles. The molecule has 0 radical (unpaired) electrons. The average molecular weight is 306 g/mol. The van der Waals surface area contributed by atoms with Crippen LogP contribution in [0, 0.1) is 5.82 Å². The number of benzene rings is 1. The van der Waals surface area contributed by atoms with E-state index in [0.717, 1.165) is 17.0 Å². The minimum absolute atomic E-state index is 0.171. The van der Waals surface area contributed by atoms with Crippen molar-refractivity contribution in [3.63, 3.8) is 0 Å². The van der Waals surface area contributed by atoms with Crippen LogP contribution in [-0.4, -0.2) is 46.7 Å². The maximum Gasteiger partial charge on any atom is 0.261 e. The topological polar surface area (TPSA) is 57.7 Å². The molecule has 1 aliphatic rings. The quantitative estimate of drug-likeness (QED) is 0.797. The summed E-state index contributed by atoms with van der Waals surface area (Å²) in [6, 6.07) is 4.21. The number of amides is 3. The van der Waals surface area contributed by atoms with E-state index in [9.17, 15) is 18.8 Å². The predicted octanol–water partition coefficient (Wildman–Crippen LogP) is 1.83. The van der Waals surface area contributed by atoms with Crippen LogP contribution in [0.1, 0.15) is 37.0 Å². The Bertz CT molecular complexity index is 582. The van der Waals surface area contributed by atoms with E-state index in [2.05, 4.69) is 0 Å². The number of imide groups is 1. The van der Waals surface area contributed by atoms with Gasteiger partial charge in [0.25, 0.3) is 5.91 Å². The van der Waals surface area contributed by atoms with Gasteiger partial charge in [-0.25, -0.2) is 4.39 Å². The van der Waals surface area contributed by atoms with Gasteiger partial charge in [-0.2, -0.15) is 0 Å². The predicted molar refractivity (Wildman–Crippen MR) is 78.5 cm³/mol. The summed E-state index contributed by atoms with van der Waals surface area (Å²) >= 11 is 0. The van der Waals surface area contributed by atoms with Crippen LogP contribution in [-0.2, 0) is 9.59 Å². The number of carbonyl (C=O) groups is 3. The fourth-order valence-electron chi connectivity index (χ4n) is 2.65. The van der Waals surface area contributed by atoms with E-state index in [1.54, 1.807) is 4.90 Å². The molecular formula is C16H19FN2O3. The summed E-state index contributed by atoms with van der Waals surface area (Å²) in [5.74, 6) is -1.58. The molecular weight excluding hydrogens is 287 g/mol. The number of likely N-dealkylation sites (tertiary alicyclic amines) is 1. The summed E-state index contributed by atoms with van der Waals surface area (Å²) in [7, 11) is 0. The number of hydrogen-bond donors (Lipinski definition) is 0. The summed E-state index contributed by atoms with van der Waals surface area (Å²) < 4.78 is 13.0. The highest BCUT2D eigenvalue weighted by Crippen LogP contribution is 2.23.